The number of hydrogen-bond donors (Lipinski definition) is 1. The van der Waals surface area contributed by atoms with Gasteiger partial charge in [-0.25, -0.2) is 0 Å². The Morgan fingerprint density at radius 3 is 2.67 bits per heavy atom. The molecule has 0 spiro atoms. The third-order valence-electron chi connectivity index (χ3n) is 4.10. The maximum atomic E-state index is 11.9. The van der Waals surface area contributed by atoms with Crippen LogP contribution in [0.5, 0.6) is 0 Å². The van der Waals surface area contributed by atoms with E-state index in [4.69, 9.17) is 4.74 Å². The van der Waals surface area contributed by atoms with Crippen molar-refractivity contribution in [1.29, 1.82) is 0 Å². The molecule has 3 rings (SSSR count). The molecule has 1 aliphatic rings. The fraction of sp³-hybridized carbons (Fsp3) is 0.211. The lowest BCUT2D eigenvalue weighted by molar-refractivity contribution is -0.151. The Kier molecular flexibility index (Phi) is 4.16. The minimum absolute atomic E-state index is 0.282. The molecule has 0 bridgehead atoms. The Balaban J connectivity index is 2.23. The van der Waals surface area contributed by atoms with Crippen LogP contribution in [0, 0.1) is 6.92 Å². The zero-order valence-corrected chi connectivity index (χ0v) is 13.6. The largest absolute Gasteiger partial charge is 0.449 e. The van der Waals surface area contributed by atoms with Crippen LogP contribution in [-0.2, 0) is 15.1 Å². The fourth-order valence-corrected chi connectivity index (χ4v) is 3.15. The normalized spacial score (nSPS) is 21.6. The second-order valence-electron chi connectivity index (χ2n) is 5.85. The van der Waals surface area contributed by atoms with Crippen molar-refractivity contribution < 1.29 is 14.7 Å². The van der Waals surface area contributed by atoms with Crippen LogP contribution in [0.2, 0.25) is 0 Å². The average Bonchev–Trinajstić information content (AvgIpc) is 2.95. The van der Waals surface area contributed by atoms with E-state index in [0.717, 1.165) is 22.3 Å². The van der Waals surface area contributed by atoms with Crippen molar-refractivity contribution in [2.75, 3.05) is 0 Å². The average molecular weight is 322 g/mol. The minimum Gasteiger partial charge on any atom is -0.449 e. The number of rotatable bonds is 3. The molecule has 1 aliphatic carbocycles. The summed E-state index contributed by atoms with van der Waals surface area (Å²) in [5.74, 6) is -0.393. The molecule has 5 heteroatoms. The summed E-state index contributed by atoms with van der Waals surface area (Å²) in [6.07, 6.45) is 5.41. The van der Waals surface area contributed by atoms with Gasteiger partial charge in [0, 0.05) is 36.9 Å². The highest BCUT2D eigenvalue weighted by atomic mass is 16.6. The van der Waals surface area contributed by atoms with Gasteiger partial charge in [0.2, 0.25) is 0 Å². The minimum atomic E-state index is -1.01. The van der Waals surface area contributed by atoms with Gasteiger partial charge in [0.1, 0.15) is 0 Å². The molecule has 0 saturated heterocycles. The highest BCUT2D eigenvalue weighted by Gasteiger charge is 2.45. The summed E-state index contributed by atoms with van der Waals surface area (Å²) >= 11 is 0. The second kappa shape index (κ2) is 6.28. The fourth-order valence-electron chi connectivity index (χ4n) is 3.15. The Morgan fingerprint density at radius 1 is 1.29 bits per heavy atom. The number of nitrogens with zero attached hydrogens (tertiary/aromatic N) is 2. The number of pyridine rings is 1. The molecule has 0 radical (unpaired) electrons. The Labute approximate surface area is 140 Å². The lowest BCUT2D eigenvalue weighted by Gasteiger charge is -2.32. The van der Waals surface area contributed by atoms with Crippen molar-refractivity contribution in [2.24, 2.45) is 5.16 Å². The van der Waals surface area contributed by atoms with Gasteiger partial charge < -0.3 is 9.94 Å². The zero-order chi connectivity index (χ0) is 17.2. The van der Waals surface area contributed by atoms with Crippen molar-refractivity contribution in [1.82, 2.24) is 4.98 Å². The van der Waals surface area contributed by atoms with Crippen molar-refractivity contribution in [3.05, 3.63) is 71.6 Å². The van der Waals surface area contributed by atoms with Crippen molar-refractivity contribution in [2.45, 2.75) is 25.9 Å². The molecule has 122 valence electrons. The van der Waals surface area contributed by atoms with Crippen LogP contribution in [0.3, 0.4) is 0 Å². The molecular formula is C19H18N2O3. The Bertz CT molecular complexity index is 828. The van der Waals surface area contributed by atoms with Gasteiger partial charge in [-0.05, 0) is 30.7 Å². The zero-order valence-electron chi connectivity index (χ0n) is 13.6. The molecule has 0 fully saturated rings. The van der Waals surface area contributed by atoms with E-state index in [1.807, 2.05) is 43.3 Å². The maximum Gasteiger partial charge on any atom is 0.303 e. The van der Waals surface area contributed by atoms with Gasteiger partial charge in [0.05, 0.1) is 5.71 Å². The van der Waals surface area contributed by atoms with Gasteiger partial charge in [-0.3, -0.25) is 9.78 Å². The summed E-state index contributed by atoms with van der Waals surface area (Å²) in [5.41, 5.74) is 3.00. The number of aromatic nitrogens is 1. The van der Waals surface area contributed by atoms with E-state index in [1.165, 1.54) is 6.92 Å². The third-order valence-corrected chi connectivity index (χ3v) is 4.10. The van der Waals surface area contributed by atoms with E-state index < -0.39 is 11.6 Å². The van der Waals surface area contributed by atoms with Crippen LogP contribution >= 0.6 is 0 Å². The van der Waals surface area contributed by atoms with Gasteiger partial charge in [-0.2, -0.15) is 0 Å². The van der Waals surface area contributed by atoms with Gasteiger partial charge in [-0.1, -0.05) is 35.0 Å². The van der Waals surface area contributed by atoms with E-state index in [2.05, 4.69) is 10.1 Å². The van der Waals surface area contributed by atoms with Crippen LogP contribution in [0.25, 0.3) is 5.57 Å². The molecule has 1 unspecified atom stereocenters. The SMILES string of the molecule is CC(=O)OC1(c2cccc(C)c2)CC(=NO)C=C1c1ccncc1. The van der Waals surface area contributed by atoms with Crippen LogP contribution < -0.4 is 0 Å². The quantitative estimate of drug-likeness (QED) is 0.533. The molecule has 1 aromatic carbocycles. The highest BCUT2D eigenvalue weighted by molar-refractivity contribution is 6.08. The molecule has 1 atom stereocenters. The van der Waals surface area contributed by atoms with Crippen LogP contribution in [-0.4, -0.2) is 21.9 Å². The van der Waals surface area contributed by atoms with Gasteiger partial charge in [-0.15, -0.1) is 0 Å². The molecule has 2 aromatic rings. The number of oxime groups is 1. The first-order valence-corrected chi connectivity index (χ1v) is 7.65. The van der Waals surface area contributed by atoms with Crippen molar-refractivity contribution >= 4 is 17.3 Å². The number of allylic oxidation sites excluding steroid dienone is 1. The summed E-state index contributed by atoms with van der Waals surface area (Å²) in [6, 6.07) is 11.5. The smallest absolute Gasteiger partial charge is 0.303 e. The first-order chi connectivity index (χ1) is 11.5. The molecule has 1 heterocycles. The molecule has 0 saturated carbocycles. The van der Waals surface area contributed by atoms with Gasteiger partial charge in [0.15, 0.2) is 5.60 Å². The molecule has 1 N–H and O–H groups in total. The number of hydrogen-bond acceptors (Lipinski definition) is 5. The number of aryl methyl sites for hydroxylation is 1. The summed E-state index contributed by atoms with van der Waals surface area (Å²) in [4.78, 5) is 15.9. The number of esters is 1. The highest BCUT2D eigenvalue weighted by Crippen LogP contribution is 2.47. The first-order valence-electron chi connectivity index (χ1n) is 7.65. The van der Waals surface area contributed by atoms with Gasteiger partial charge >= 0.3 is 5.97 Å². The maximum absolute atomic E-state index is 11.9. The molecule has 0 amide bonds. The summed E-state index contributed by atoms with van der Waals surface area (Å²) in [7, 11) is 0. The van der Waals surface area contributed by atoms with Crippen LogP contribution in [0.1, 0.15) is 30.0 Å². The van der Waals surface area contributed by atoms with Crippen molar-refractivity contribution in [3.8, 4) is 0 Å². The summed E-state index contributed by atoms with van der Waals surface area (Å²) in [5, 5.41) is 12.6. The lowest BCUT2D eigenvalue weighted by Crippen LogP contribution is -2.32. The van der Waals surface area contributed by atoms with Crippen molar-refractivity contribution in [3.63, 3.8) is 0 Å². The first kappa shape index (κ1) is 15.9. The molecule has 24 heavy (non-hydrogen) atoms. The van der Waals surface area contributed by atoms with E-state index in [-0.39, 0.29) is 6.42 Å². The van der Waals surface area contributed by atoms with Crippen LogP contribution in [0.15, 0.2) is 60.0 Å². The van der Waals surface area contributed by atoms with Crippen LogP contribution in [0.4, 0.5) is 0 Å². The molecule has 1 aromatic heterocycles. The summed E-state index contributed by atoms with van der Waals surface area (Å²) in [6.45, 7) is 3.37. The molecule has 0 aliphatic heterocycles. The Morgan fingerprint density at radius 2 is 2.04 bits per heavy atom. The topological polar surface area (TPSA) is 71.8 Å². The number of carbonyl (C=O) groups is 1. The monoisotopic (exact) mass is 322 g/mol. The van der Waals surface area contributed by atoms with Gasteiger partial charge in [0.25, 0.3) is 0 Å². The van der Waals surface area contributed by atoms with E-state index >= 15 is 0 Å². The number of carbonyl (C=O) groups excluding carboxylic acids is 1. The summed E-state index contributed by atoms with van der Waals surface area (Å²) < 4.78 is 5.82. The molecular weight excluding hydrogens is 304 g/mol. The van der Waals surface area contributed by atoms with E-state index in [9.17, 15) is 10.0 Å². The number of ether oxygens (including phenoxy) is 1. The molecule has 5 nitrogen and oxygen atoms in total. The predicted molar refractivity (Wildman–Crippen MR) is 90.7 cm³/mol. The standard InChI is InChI=1S/C19H18N2O3/c1-13-4-3-5-16(10-13)19(24-14(2)22)12-17(21-23)11-18(19)15-6-8-20-9-7-15/h3-11,23H,12H2,1-2H3. The van der Waals surface area contributed by atoms with E-state index in [1.54, 1.807) is 18.5 Å². The lowest BCUT2D eigenvalue weighted by atomic mass is 9.83. The predicted octanol–water partition coefficient (Wildman–Crippen LogP) is 3.47. The van der Waals surface area contributed by atoms with E-state index in [0.29, 0.717) is 5.71 Å². The second-order valence-corrected chi connectivity index (χ2v) is 5.85. The Hall–Kier alpha value is -2.95. The number of benzene rings is 1. The third kappa shape index (κ3) is 2.80.